The van der Waals surface area contributed by atoms with Crippen LogP contribution < -0.4 is 24.4 Å². The second-order valence-corrected chi connectivity index (χ2v) is 11.6. The Hall–Kier alpha value is -4.95. The van der Waals surface area contributed by atoms with Crippen molar-refractivity contribution in [1.82, 2.24) is 4.57 Å². The Kier molecular flexibility index (Phi) is 6.70. The van der Waals surface area contributed by atoms with Crippen LogP contribution in [0.1, 0.15) is 52.2 Å². The molecule has 0 amide bonds. The number of benzene rings is 3. The van der Waals surface area contributed by atoms with Gasteiger partial charge < -0.3 is 13.9 Å². The predicted octanol–water partition coefficient (Wildman–Crippen LogP) is 5.80. The first-order valence-electron chi connectivity index (χ1n) is 14.0. The zero-order chi connectivity index (χ0) is 29.7. The van der Waals surface area contributed by atoms with Crippen LogP contribution in [-0.2, 0) is 6.42 Å². The lowest BCUT2D eigenvalue weighted by atomic mass is 9.83. The third-order valence-corrected chi connectivity index (χ3v) is 9.06. The number of carbonyl (C=O) groups excluding carboxylic acids is 1. The number of hydrogen-bond donors (Lipinski definition) is 0. The lowest BCUT2D eigenvalue weighted by molar-refractivity contribution is 0.101. The number of thiazole rings is 1. The Morgan fingerprint density at radius 3 is 2.53 bits per heavy atom. The van der Waals surface area contributed by atoms with E-state index >= 15 is 0 Å². The van der Waals surface area contributed by atoms with Crippen molar-refractivity contribution in [3.05, 3.63) is 132 Å². The van der Waals surface area contributed by atoms with E-state index in [1.807, 2.05) is 48.5 Å². The van der Waals surface area contributed by atoms with Gasteiger partial charge in [-0.3, -0.25) is 14.2 Å². The third kappa shape index (κ3) is 4.64. The Morgan fingerprint density at radius 2 is 1.77 bits per heavy atom. The van der Waals surface area contributed by atoms with Crippen LogP contribution in [0, 0.1) is 0 Å². The summed E-state index contributed by atoms with van der Waals surface area (Å²) in [6, 6.07) is 24.8. The maximum atomic E-state index is 14.1. The van der Waals surface area contributed by atoms with Gasteiger partial charge in [-0.2, -0.15) is 0 Å². The molecule has 7 rings (SSSR count). The standard InChI is InChI=1S/C35H28N2O5S/c1-20(38)21-8-10-23(11-9-21)28-17-14-25(42-28)19-31-34(39)37-33(24-13-16-29(40-2)30(18-24)41-3)27-15-12-22-6-4-5-7-26(22)32(27)36-35(37)43-31/h4-11,13-14,16-19,33H,12,15H2,1-3H3/b31-19+/t33-/m1/s1. The average Bonchev–Trinajstić information content (AvgIpc) is 3.63. The van der Waals surface area contributed by atoms with Crippen LogP contribution >= 0.6 is 11.3 Å². The van der Waals surface area contributed by atoms with E-state index < -0.39 is 0 Å². The molecule has 1 atom stereocenters. The Labute approximate surface area is 251 Å². The van der Waals surface area contributed by atoms with Crippen molar-refractivity contribution in [2.75, 3.05) is 14.2 Å². The fourth-order valence-corrected chi connectivity index (χ4v) is 6.91. The number of ether oxygens (including phenoxy) is 2. The highest BCUT2D eigenvalue weighted by Gasteiger charge is 2.33. The van der Waals surface area contributed by atoms with E-state index in [1.165, 1.54) is 16.9 Å². The lowest BCUT2D eigenvalue weighted by Gasteiger charge is -2.31. The van der Waals surface area contributed by atoms with E-state index in [4.69, 9.17) is 18.9 Å². The summed E-state index contributed by atoms with van der Waals surface area (Å²) in [6.45, 7) is 1.54. The van der Waals surface area contributed by atoms with Crippen molar-refractivity contribution in [3.8, 4) is 22.8 Å². The largest absolute Gasteiger partial charge is 0.493 e. The molecule has 7 nitrogen and oxygen atoms in total. The van der Waals surface area contributed by atoms with Gasteiger partial charge in [0.2, 0.25) is 0 Å². The number of furan rings is 1. The molecule has 2 aromatic heterocycles. The number of aryl methyl sites for hydroxylation is 1. The van der Waals surface area contributed by atoms with E-state index in [0.29, 0.717) is 37.9 Å². The number of ketones is 1. The second kappa shape index (κ2) is 10.7. The van der Waals surface area contributed by atoms with Crippen molar-refractivity contribution in [3.63, 3.8) is 0 Å². The smallest absolute Gasteiger partial charge is 0.271 e. The first-order chi connectivity index (χ1) is 20.9. The molecule has 0 unspecified atom stereocenters. The van der Waals surface area contributed by atoms with Crippen LogP contribution in [0.3, 0.4) is 0 Å². The lowest BCUT2D eigenvalue weighted by Crippen LogP contribution is -2.38. The van der Waals surface area contributed by atoms with Crippen molar-refractivity contribution in [2.24, 2.45) is 4.99 Å². The Morgan fingerprint density at radius 1 is 0.977 bits per heavy atom. The fourth-order valence-electron chi connectivity index (χ4n) is 5.93. The van der Waals surface area contributed by atoms with Crippen LogP contribution in [0.25, 0.3) is 23.1 Å². The van der Waals surface area contributed by atoms with Gasteiger partial charge in [-0.05, 0) is 60.7 Å². The summed E-state index contributed by atoms with van der Waals surface area (Å²) < 4.78 is 19.6. The number of Topliss-reactive ketones (excluding diaryl/α,β-unsaturated/α-hetero) is 1. The van der Waals surface area contributed by atoms with Gasteiger partial charge in [-0.1, -0.05) is 65.9 Å². The average molecular weight is 589 g/mol. The molecular weight excluding hydrogens is 560 g/mol. The van der Waals surface area contributed by atoms with Crippen molar-refractivity contribution in [1.29, 1.82) is 0 Å². The molecule has 1 aliphatic carbocycles. The molecule has 43 heavy (non-hydrogen) atoms. The molecular formula is C35H28N2O5S. The minimum atomic E-state index is -0.339. The quantitative estimate of drug-likeness (QED) is 0.234. The molecule has 214 valence electrons. The van der Waals surface area contributed by atoms with Gasteiger partial charge in [-0.25, -0.2) is 4.99 Å². The second-order valence-electron chi connectivity index (χ2n) is 10.6. The molecule has 0 fully saturated rings. The van der Waals surface area contributed by atoms with Crippen LogP contribution in [0.15, 0.2) is 98.6 Å². The number of carbonyl (C=O) groups is 1. The number of methoxy groups -OCH3 is 2. The molecule has 5 aromatic rings. The number of allylic oxidation sites excluding steroid dienone is 1. The minimum Gasteiger partial charge on any atom is -0.493 e. The third-order valence-electron chi connectivity index (χ3n) is 8.07. The summed E-state index contributed by atoms with van der Waals surface area (Å²) in [6.07, 6.45) is 3.45. The van der Waals surface area contributed by atoms with Gasteiger partial charge in [0.15, 0.2) is 22.1 Å². The highest BCUT2D eigenvalue weighted by molar-refractivity contribution is 7.07. The molecule has 0 saturated carbocycles. The van der Waals surface area contributed by atoms with Gasteiger partial charge in [0, 0.05) is 22.8 Å². The van der Waals surface area contributed by atoms with Crippen LogP contribution in [-0.4, -0.2) is 24.6 Å². The van der Waals surface area contributed by atoms with Crippen molar-refractivity contribution >= 4 is 28.9 Å². The number of nitrogens with zero attached hydrogens (tertiary/aromatic N) is 2. The first kappa shape index (κ1) is 26.9. The van der Waals surface area contributed by atoms with Crippen LogP contribution in [0.5, 0.6) is 11.5 Å². The zero-order valence-electron chi connectivity index (χ0n) is 23.9. The summed E-state index contributed by atoms with van der Waals surface area (Å²) in [5.41, 5.74) is 6.71. The van der Waals surface area contributed by atoms with Crippen LogP contribution in [0.2, 0.25) is 0 Å². The number of aromatic nitrogens is 1. The molecule has 2 aliphatic rings. The van der Waals surface area contributed by atoms with E-state index in [-0.39, 0.29) is 17.4 Å². The Bertz CT molecular complexity index is 2110. The van der Waals surface area contributed by atoms with E-state index in [0.717, 1.165) is 40.8 Å². The molecule has 0 saturated heterocycles. The normalized spacial score (nSPS) is 15.8. The van der Waals surface area contributed by atoms with Gasteiger partial charge in [0.25, 0.3) is 5.56 Å². The van der Waals surface area contributed by atoms with Gasteiger partial charge >= 0.3 is 0 Å². The number of rotatable bonds is 6. The molecule has 8 heteroatoms. The van der Waals surface area contributed by atoms with E-state index in [9.17, 15) is 9.59 Å². The maximum absolute atomic E-state index is 14.1. The molecule has 0 bridgehead atoms. The molecule has 0 spiro atoms. The molecule has 3 heterocycles. The first-order valence-corrected chi connectivity index (χ1v) is 14.8. The topological polar surface area (TPSA) is 83.0 Å². The van der Waals surface area contributed by atoms with E-state index in [1.54, 1.807) is 43.9 Å². The predicted molar refractivity (Wildman–Crippen MR) is 166 cm³/mol. The van der Waals surface area contributed by atoms with Crippen molar-refractivity contribution < 1.29 is 18.7 Å². The van der Waals surface area contributed by atoms with Crippen LogP contribution in [0.4, 0.5) is 0 Å². The van der Waals surface area contributed by atoms with Gasteiger partial charge in [0.1, 0.15) is 11.5 Å². The molecule has 1 aliphatic heterocycles. The SMILES string of the molecule is COc1ccc([C@@H]2C3=C(N=c4s/c(=C/c5ccc(-c6ccc(C(C)=O)cc6)o5)c(=O)n42)c2ccccc2CC3)cc1OC. The monoisotopic (exact) mass is 588 g/mol. The van der Waals surface area contributed by atoms with E-state index in [2.05, 4.69) is 18.2 Å². The summed E-state index contributed by atoms with van der Waals surface area (Å²) in [4.78, 5) is 31.5. The molecule has 3 aromatic carbocycles. The maximum Gasteiger partial charge on any atom is 0.271 e. The summed E-state index contributed by atoms with van der Waals surface area (Å²) >= 11 is 1.35. The number of hydrogen-bond acceptors (Lipinski definition) is 7. The van der Waals surface area contributed by atoms with Crippen molar-refractivity contribution in [2.45, 2.75) is 25.8 Å². The highest BCUT2D eigenvalue weighted by atomic mass is 32.1. The highest BCUT2D eigenvalue weighted by Crippen LogP contribution is 2.42. The molecule has 0 radical (unpaired) electrons. The summed E-state index contributed by atoms with van der Waals surface area (Å²) in [7, 11) is 3.23. The summed E-state index contributed by atoms with van der Waals surface area (Å²) in [5, 5.41) is 0. The zero-order valence-corrected chi connectivity index (χ0v) is 24.7. The number of fused-ring (bicyclic) bond motifs is 3. The van der Waals surface area contributed by atoms with Gasteiger partial charge in [-0.15, -0.1) is 0 Å². The van der Waals surface area contributed by atoms with Gasteiger partial charge in [0.05, 0.1) is 30.5 Å². The minimum absolute atomic E-state index is 0.0126. The fraction of sp³-hybridized carbons (Fsp3) is 0.171. The molecule has 0 N–H and O–H groups in total. The Balaban J connectivity index is 1.37. The summed E-state index contributed by atoms with van der Waals surface area (Å²) in [5.74, 6) is 2.47.